The van der Waals surface area contributed by atoms with Gasteiger partial charge in [-0.15, -0.1) is 0 Å². The molecular weight excluding hydrogens is 444 g/mol. The lowest BCUT2D eigenvalue weighted by molar-refractivity contribution is -0.127. The van der Waals surface area contributed by atoms with Gasteiger partial charge in [0.15, 0.2) is 0 Å². The third-order valence-corrected chi connectivity index (χ3v) is 6.61. The molecule has 0 saturated carbocycles. The van der Waals surface area contributed by atoms with Crippen LogP contribution >= 0.6 is 0 Å². The zero-order valence-electron chi connectivity index (χ0n) is 20.2. The third kappa shape index (κ3) is 5.88. The minimum atomic E-state index is -0.401. The molecule has 2 atom stereocenters. The van der Waals surface area contributed by atoms with E-state index >= 15 is 0 Å². The van der Waals surface area contributed by atoms with Gasteiger partial charge in [0.05, 0.1) is 11.8 Å². The summed E-state index contributed by atoms with van der Waals surface area (Å²) in [6, 6.07) is 18.7. The normalized spacial score (nSPS) is 20.3. The molecule has 184 valence electrons. The Kier molecular flexibility index (Phi) is 7.19. The lowest BCUT2D eigenvalue weighted by Crippen LogP contribution is -2.45. The van der Waals surface area contributed by atoms with E-state index in [1.165, 1.54) is 0 Å². The molecule has 2 aromatic rings. The van der Waals surface area contributed by atoms with Gasteiger partial charge in [0.1, 0.15) is 0 Å². The molecule has 2 N–H and O–H groups in total. The van der Waals surface area contributed by atoms with Crippen molar-refractivity contribution in [2.75, 3.05) is 36.0 Å². The highest BCUT2D eigenvalue weighted by Crippen LogP contribution is 2.26. The van der Waals surface area contributed by atoms with Crippen molar-refractivity contribution >= 4 is 35.0 Å². The van der Waals surface area contributed by atoms with Crippen molar-refractivity contribution in [2.45, 2.75) is 26.7 Å². The molecule has 8 heteroatoms. The number of benzene rings is 2. The van der Waals surface area contributed by atoms with E-state index in [0.717, 1.165) is 11.4 Å². The van der Waals surface area contributed by atoms with Crippen LogP contribution in [0.4, 0.5) is 11.4 Å². The van der Waals surface area contributed by atoms with Gasteiger partial charge in [-0.2, -0.15) is 0 Å². The van der Waals surface area contributed by atoms with Crippen LogP contribution in [0.5, 0.6) is 0 Å². The Morgan fingerprint density at radius 2 is 1.11 bits per heavy atom. The van der Waals surface area contributed by atoms with Gasteiger partial charge >= 0.3 is 0 Å². The number of nitrogens with one attached hydrogen (secondary N) is 2. The monoisotopic (exact) mass is 476 g/mol. The Balaban J connectivity index is 1.23. The maximum Gasteiger partial charge on any atom is 0.227 e. The molecule has 2 fully saturated rings. The SMILES string of the molecule is CC(C)(CNC(=O)[C@H]1CC(=O)N(c2ccccc2)C1)CNC(=O)[C@H]1CC(=O)N(c2ccccc2)C1. The Labute approximate surface area is 205 Å². The molecule has 4 rings (SSSR count). The van der Waals surface area contributed by atoms with Crippen LogP contribution in [0.25, 0.3) is 0 Å². The van der Waals surface area contributed by atoms with Gasteiger partial charge in [0, 0.05) is 50.4 Å². The van der Waals surface area contributed by atoms with E-state index in [9.17, 15) is 19.2 Å². The molecule has 0 radical (unpaired) electrons. The van der Waals surface area contributed by atoms with E-state index < -0.39 is 17.3 Å². The predicted molar refractivity (Wildman–Crippen MR) is 134 cm³/mol. The number of rotatable bonds is 8. The highest BCUT2D eigenvalue weighted by atomic mass is 16.2. The summed E-state index contributed by atoms with van der Waals surface area (Å²) >= 11 is 0. The average Bonchev–Trinajstić information content (AvgIpc) is 3.45. The number of hydrogen-bond donors (Lipinski definition) is 2. The highest BCUT2D eigenvalue weighted by Gasteiger charge is 2.37. The first kappa shape index (κ1) is 24.4. The molecule has 2 aromatic carbocycles. The van der Waals surface area contributed by atoms with E-state index in [0.29, 0.717) is 26.2 Å². The summed E-state index contributed by atoms with van der Waals surface area (Å²) in [5, 5.41) is 5.91. The standard InChI is InChI=1S/C27H32N4O4/c1-27(2,17-28-25(34)19-13-23(32)30(15-19)21-9-5-3-6-10-21)18-29-26(35)20-14-24(33)31(16-20)22-11-7-4-8-12-22/h3-12,19-20H,13-18H2,1-2H3,(H,28,34)(H,29,35)/t19-,20-/m0/s1. The van der Waals surface area contributed by atoms with Crippen LogP contribution in [-0.2, 0) is 19.2 Å². The van der Waals surface area contributed by atoms with Crippen LogP contribution in [0, 0.1) is 17.3 Å². The van der Waals surface area contributed by atoms with Crippen LogP contribution < -0.4 is 20.4 Å². The number of hydrogen-bond acceptors (Lipinski definition) is 4. The number of carbonyl (C=O) groups excluding carboxylic acids is 4. The largest absolute Gasteiger partial charge is 0.355 e. The van der Waals surface area contributed by atoms with E-state index in [4.69, 9.17) is 0 Å². The lowest BCUT2D eigenvalue weighted by atomic mass is 9.92. The first-order valence-electron chi connectivity index (χ1n) is 12.0. The van der Waals surface area contributed by atoms with Crippen LogP contribution in [0.1, 0.15) is 26.7 Å². The van der Waals surface area contributed by atoms with Gasteiger partial charge in [-0.05, 0) is 29.7 Å². The second-order valence-corrected chi connectivity index (χ2v) is 10.1. The van der Waals surface area contributed by atoms with E-state index in [-0.39, 0.29) is 36.5 Å². The second kappa shape index (κ2) is 10.3. The summed E-state index contributed by atoms with van der Waals surface area (Å²) in [6.07, 6.45) is 0.372. The number of nitrogens with zero attached hydrogens (tertiary/aromatic N) is 2. The fourth-order valence-electron chi connectivity index (χ4n) is 4.49. The van der Waals surface area contributed by atoms with Crippen LogP contribution in [0.15, 0.2) is 60.7 Å². The zero-order valence-corrected chi connectivity index (χ0v) is 20.2. The van der Waals surface area contributed by atoms with Gasteiger partial charge in [0.2, 0.25) is 23.6 Å². The molecule has 0 aromatic heterocycles. The van der Waals surface area contributed by atoms with E-state index in [2.05, 4.69) is 10.6 Å². The Morgan fingerprint density at radius 3 is 1.49 bits per heavy atom. The summed E-state index contributed by atoms with van der Waals surface area (Å²) in [5.74, 6) is -1.23. The average molecular weight is 477 g/mol. The number of para-hydroxylation sites is 2. The van der Waals surface area contributed by atoms with E-state index in [1.807, 2.05) is 74.5 Å². The minimum absolute atomic E-state index is 0.0569. The molecular formula is C27H32N4O4. The molecule has 0 bridgehead atoms. The minimum Gasteiger partial charge on any atom is -0.355 e. The van der Waals surface area contributed by atoms with Crippen molar-refractivity contribution < 1.29 is 19.2 Å². The molecule has 0 spiro atoms. The maximum absolute atomic E-state index is 12.7. The zero-order chi connectivity index (χ0) is 25.0. The summed E-state index contributed by atoms with van der Waals surface area (Å²) in [5.41, 5.74) is 1.20. The topological polar surface area (TPSA) is 98.8 Å². The van der Waals surface area contributed by atoms with E-state index in [1.54, 1.807) is 9.80 Å². The number of carbonyl (C=O) groups is 4. The van der Waals surface area contributed by atoms with Gasteiger partial charge < -0.3 is 20.4 Å². The smallest absolute Gasteiger partial charge is 0.227 e. The third-order valence-electron chi connectivity index (χ3n) is 6.61. The van der Waals surface area contributed by atoms with Crippen molar-refractivity contribution in [3.63, 3.8) is 0 Å². The van der Waals surface area contributed by atoms with Gasteiger partial charge in [-0.1, -0.05) is 50.2 Å². The number of anilines is 2. The molecule has 2 aliphatic rings. The predicted octanol–water partition coefficient (Wildman–Crippen LogP) is 2.35. The van der Waals surface area contributed by atoms with Crippen molar-refractivity contribution in [2.24, 2.45) is 17.3 Å². The maximum atomic E-state index is 12.7. The first-order valence-corrected chi connectivity index (χ1v) is 12.0. The molecule has 0 aliphatic carbocycles. The van der Waals surface area contributed by atoms with Crippen molar-refractivity contribution in [1.82, 2.24) is 10.6 Å². The molecule has 8 nitrogen and oxygen atoms in total. The molecule has 35 heavy (non-hydrogen) atoms. The highest BCUT2D eigenvalue weighted by molar-refractivity contribution is 6.01. The first-order chi connectivity index (χ1) is 16.7. The lowest BCUT2D eigenvalue weighted by Gasteiger charge is -2.27. The Morgan fingerprint density at radius 1 is 0.743 bits per heavy atom. The number of amides is 4. The van der Waals surface area contributed by atoms with Gasteiger partial charge in [-0.25, -0.2) is 0 Å². The second-order valence-electron chi connectivity index (χ2n) is 10.1. The van der Waals surface area contributed by atoms with Gasteiger partial charge in [-0.3, -0.25) is 19.2 Å². The summed E-state index contributed by atoms with van der Waals surface area (Å²) in [7, 11) is 0. The van der Waals surface area contributed by atoms with Crippen LogP contribution in [0.2, 0.25) is 0 Å². The van der Waals surface area contributed by atoms with Crippen LogP contribution in [0.3, 0.4) is 0 Å². The summed E-state index contributed by atoms with van der Waals surface area (Å²) in [6.45, 7) is 5.36. The van der Waals surface area contributed by atoms with Crippen molar-refractivity contribution in [1.29, 1.82) is 0 Å². The van der Waals surface area contributed by atoms with Crippen molar-refractivity contribution in [3.8, 4) is 0 Å². The van der Waals surface area contributed by atoms with Crippen LogP contribution in [-0.4, -0.2) is 49.8 Å². The Bertz CT molecular complexity index is 1000. The fraction of sp³-hybridized carbons (Fsp3) is 0.407. The summed E-state index contributed by atoms with van der Waals surface area (Å²) in [4.78, 5) is 53.6. The quantitative estimate of drug-likeness (QED) is 0.611. The van der Waals surface area contributed by atoms with Crippen molar-refractivity contribution in [3.05, 3.63) is 60.7 Å². The molecule has 2 heterocycles. The Hall–Kier alpha value is -3.68. The summed E-state index contributed by atoms with van der Waals surface area (Å²) < 4.78 is 0. The molecule has 4 amide bonds. The fourth-order valence-corrected chi connectivity index (χ4v) is 4.49. The molecule has 2 saturated heterocycles. The van der Waals surface area contributed by atoms with Gasteiger partial charge in [0.25, 0.3) is 0 Å². The molecule has 0 unspecified atom stereocenters. The molecule has 2 aliphatic heterocycles.